The van der Waals surface area contributed by atoms with Gasteiger partial charge < -0.3 is 9.47 Å². The quantitative estimate of drug-likeness (QED) is 0.676. The number of ether oxygens (including phenoxy) is 2. The van der Waals surface area contributed by atoms with Gasteiger partial charge in [0.1, 0.15) is 12.2 Å². The van der Waals surface area contributed by atoms with E-state index in [0.717, 1.165) is 19.4 Å². The number of benzene rings is 1. The van der Waals surface area contributed by atoms with Crippen molar-refractivity contribution in [1.82, 2.24) is 0 Å². The lowest BCUT2D eigenvalue weighted by Crippen LogP contribution is -2.51. The predicted molar refractivity (Wildman–Crippen MR) is 53.0 cm³/mol. The van der Waals surface area contributed by atoms with Gasteiger partial charge in [0.25, 0.3) is 0 Å². The van der Waals surface area contributed by atoms with Crippen molar-refractivity contribution in [1.29, 1.82) is 0 Å². The average Bonchev–Trinajstić information content (AvgIpc) is 2.22. The van der Waals surface area contributed by atoms with Crippen molar-refractivity contribution in [2.24, 2.45) is 0 Å². The molecule has 2 heterocycles. The zero-order chi connectivity index (χ0) is 9.38. The molecule has 2 saturated heterocycles. The van der Waals surface area contributed by atoms with E-state index >= 15 is 0 Å². The predicted octanol–water partition coefficient (Wildman–Crippen LogP) is 2.31. The first kappa shape index (κ1) is 8.45. The molecule has 2 aliphatic rings. The van der Waals surface area contributed by atoms with Crippen LogP contribution in [-0.4, -0.2) is 18.8 Å². The van der Waals surface area contributed by atoms with Crippen molar-refractivity contribution >= 4 is 0 Å². The van der Waals surface area contributed by atoms with Gasteiger partial charge in [0, 0.05) is 6.61 Å². The van der Waals surface area contributed by atoms with Crippen LogP contribution in [0.25, 0.3) is 0 Å². The molecule has 2 aliphatic heterocycles. The fourth-order valence-electron chi connectivity index (χ4n) is 2.29. The minimum Gasteiger partial charge on any atom is -0.372 e. The van der Waals surface area contributed by atoms with Gasteiger partial charge in [0.05, 0.1) is 6.10 Å². The van der Waals surface area contributed by atoms with Gasteiger partial charge in [0.15, 0.2) is 0 Å². The van der Waals surface area contributed by atoms with Crippen LogP contribution < -0.4 is 0 Å². The van der Waals surface area contributed by atoms with Crippen LogP contribution in [0.1, 0.15) is 24.5 Å². The summed E-state index contributed by atoms with van der Waals surface area (Å²) >= 11 is 0. The Kier molecular flexibility index (Phi) is 2.03. The Hall–Kier alpha value is -0.860. The van der Waals surface area contributed by atoms with Gasteiger partial charge in [-0.15, -0.1) is 0 Å². The lowest BCUT2D eigenvalue weighted by atomic mass is 9.90. The summed E-state index contributed by atoms with van der Waals surface area (Å²) in [5.74, 6) is 0. The van der Waals surface area contributed by atoms with Crippen molar-refractivity contribution < 1.29 is 9.47 Å². The maximum atomic E-state index is 5.80. The molecule has 0 aromatic heterocycles. The first-order valence-electron chi connectivity index (χ1n) is 5.27. The zero-order valence-corrected chi connectivity index (χ0v) is 8.06. The Labute approximate surface area is 83.8 Å². The van der Waals surface area contributed by atoms with Crippen molar-refractivity contribution in [2.75, 3.05) is 6.61 Å². The molecule has 14 heavy (non-hydrogen) atoms. The first-order valence-corrected chi connectivity index (χ1v) is 5.27. The first-order chi connectivity index (χ1) is 6.95. The molecule has 0 bridgehead atoms. The molecule has 0 amide bonds. The van der Waals surface area contributed by atoms with Gasteiger partial charge in [-0.1, -0.05) is 30.3 Å². The summed E-state index contributed by atoms with van der Waals surface area (Å²) in [4.78, 5) is 0. The highest BCUT2D eigenvalue weighted by Gasteiger charge is 2.45. The van der Waals surface area contributed by atoms with Crippen LogP contribution in [0.5, 0.6) is 0 Å². The minimum absolute atomic E-state index is 0.182. The summed E-state index contributed by atoms with van der Waals surface area (Å²) in [6.07, 6.45) is 3.15. The fraction of sp³-hybridized carbons (Fsp3) is 0.500. The van der Waals surface area contributed by atoms with E-state index in [1.54, 1.807) is 0 Å². The van der Waals surface area contributed by atoms with E-state index in [9.17, 15) is 0 Å². The molecule has 3 rings (SSSR count). The Balaban J connectivity index is 1.76. The topological polar surface area (TPSA) is 18.5 Å². The summed E-state index contributed by atoms with van der Waals surface area (Å²) < 4.78 is 11.5. The Morgan fingerprint density at radius 2 is 2.00 bits per heavy atom. The van der Waals surface area contributed by atoms with Crippen LogP contribution in [-0.2, 0) is 9.47 Å². The zero-order valence-electron chi connectivity index (χ0n) is 8.06. The summed E-state index contributed by atoms with van der Waals surface area (Å²) in [5.41, 5.74) is 1.25. The van der Waals surface area contributed by atoms with Gasteiger partial charge >= 0.3 is 0 Å². The van der Waals surface area contributed by atoms with Crippen LogP contribution in [0.15, 0.2) is 30.3 Å². The average molecular weight is 190 g/mol. The van der Waals surface area contributed by atoms with E-state index in [4.69, 9.17) is 9.47 Å². The monoisotopic (exact) mass is 190 g/mol. The molecule has 0 N–H and O–H groups in total. The molecule has 0 spiro atoms. The van der Waals surface area contributed by atoms with E-state index in [0.29, 0.717) is 12.2 Å². The number of hydrogen-bond donors (Lipinski definition) is 0. The Bertz CT molecular complexity index is 309. The molecule has 2 heteroatoms. The molecule has 0 saturated carbocycles. The normalized spacial score (nSPS) is 35.9. The number of rotatable bonds is 1. The van der Waals surface area contributed by atoms with Gasteiger partial charge in [-0.3, -0.25) is 0 Å². The van der Waals surface area contributed by atoms with Crippen LogP contribution >= 0.6 is 0 Å². The van der Waals surface area contributed by atoms with E-state index in [1.165, 1.54) is 5.56 Å². The second kappa shape index (κ2) is 3.37. The molecular weight excluding hydrogens is 176 g/mol. The molecule has 2 fully saturated rings. The third kappa shape index (κ3) is 1.26. The summed E-state index contributed by atoms with van der Waals surface area (Å²) in [5, 5.41) is 0. The fourth-order valence-corrected chi connectivity index (χ4v) is 2.29. The summed E-state index contributed by atoms with van der Waals surface area (Å²) in [6.45, 7) is 0.897. The third-order valence-electron chi connectivity index (χ3n) is 3.06. The molecule has 1 aromatic rings. The highest BCUT2D eigenvalue weighted by molar-refractivity contribution is 5.21. The lowest BCUT2D eigenvalue weighted by Gasteiger charge is -2.47. The van der Waals surface area contributed by atoms with Crippen molar-refractivity contribution in [3.05, 3.63) is 35.9 Å². The van der Waals surface area contributed by atoms with E-state index in [-0.39, 0.29) is 6.10 Å². The van der Waals surface area contributed by atoms with Gasteiger partial charge in [-0.2, -0.15) is 0 Å². The van der Waals surface area contributed by atoms with E-state index in [2.05, 4.69) is 24.3 Å². The second-order valence-corrected chi connectivity index (χ2v) is 3.98. The molecular formula is C12H14O2. The SMILES string of the molecule is c1ccc([C@H]2O[C@@H]3CCCO[C@@H]23)cc1. The lowest BCUT2D eigenvalue weighted by molar-refractivity contribution is -0.265. The largest absolute Gasteiger partial charge is 0.372 e. The molecule has 74 valence electrons. The van der Waals surface area contributed by atoms with E-state index < -0.39 is 0 Å². The van der Waals surface area contributed by atoms with Crippen LogP contribution in [0.4, 0.5) is 0 Å². The van der Waals surface area contributed by atoms with Gasteiger partial charge in [-0.05, 0) is 18.4 Å². The van der Waals surface area contributed by atoms with Crippen molar-refractivity contribution in [3.63, 3.8) is 0 Å². The van der Waals surface area contributed by atoms with Crippen molar-refractivity contribution in [2.45, 2.75) is 31.2 Å². The smallest absolute Gasteiger partial charge is 0.114 e. The number of fused-ring (bicyclic) bond motifs is 1. The van der Waals surface area contributed by atoms with Crippen LogP contribution in [0.2, 0.25) is 0 Å². The summed E-state index contributed by atoms with van der Waals surface area (Å²) in [6, 6.07) is 10.3. The minimum atomic E-state index is 0.182. The second-order valence-electron chi connectivity index (χ2n) is 3.98. The standard InChI is InChI=1S/C12H14O2/c1-2-5-9(6-3-1)11-12-10(14-11)7-4-8-13-12/h1-3,5-6,10-12H,4,7-8H2/t10-,11-,12-/m1/s1. The molecule has 3 atom stereocenters. The summed E-state index contributed by atoms with van der Waals surface area (Å²) in [7, 11) is 0. The van der Waals surface area contributed by atoms with Crippen LogP contribution in [0.3, 0.4) is 0 Å². The molecule has 0 unspecified atom stereocenters. The maximum absolute atomic E-state index is 5.80. The van der Waals surface area contributed by atoms with Crippen LogP contribution in [0, 0.1) is 0 Å². The highest BCUT2D eigenvalue weighted by Crippen LogP contribution is 2.41. The molecule has 0 radical (unpaired) electrons. The Morgan fingerprint density at radius 1 is 1.14 bits per heavy atom. The third-order valence-corrected chi connectivity index (χ3v) is 3.06. The molecule has 2 nitrogen and oxygen atoms in total. The Morgan fingerprint density at radius 3 is 2.79 bits per heavy atom. The molecule has 1 aromatic carbocycles. The maximum Gasteiger partial charge on any atom is 0.114 e. The number of hydrogen-bond acceptors (Lipinski definition) is 2. The van der Waals surface area contributed by atoms with Gasteiger partial charge in [0.2, 0.25) is 0 Å². The van der Waals surface area contributed by atoms with Crippen molar-refractivity contribution in [3.8, 4) is 0 Å². The highest BCUT2D eigenvalue weighted by atomic mass is 16.6. The van der Waals surface area contributed by atoms with Gasteiger partial charge in [-0.25, -0.2) is 0 Å². The molecule has 0 aliphatic carbocycles. The van der Waals surface area contributed by atoms with E-state index in [1.807, 2.05) is 6.07 Å².